The molecule has 3 rings (SSSR count). The van der Waals surface area contributed by atoms with E-state index in [1.54, 1.807) is 17.0 Å². The summed E-state index contributed by atoms with van der Waals surface area (Å²) in [5, 5.41) is 2.97. The van der Waals surface area contributed by atoms with E-state index in [4.69, 9.17) is 0 Å². The minimum atomic E-state index is -0.472. The van der Waals surface area contributed by atoms with Crippen LogP contribution in [0.25, 0.3) is 0 Å². The van der Waals surface area contributed by atoms with Crippen molar-refractivity contribution in [1.29, 1.82) is 0 Å². The average Bonchev–Trinajstić information content (AvgIpc) is 2.72. The third kappa shape index (κ3) is 5.41. The molecule has 0 bridgehead atoms. The zero-order valence-corrected chi connectivity index (χ0v) is 16.3. The van der Waals surface area contributed by atoms with Crippen molar-refractivity contribution in [3.05, 3.63) is 71.0 Å². The number of carbonyl (C=O) groups excluding carboxylic acids is 2. The van der Waals surface area contributed by atoms with Gasteiger partial charge in [-0.2, -0.15) is 0 Å². The van der Waals surface area contributed by atoms with E-state index < -0.39 is 5.82 Å². The smallest absolute Gasteiger partial charge is 0.256 e. The molecule has 148 valence electrons. The molecule has 0 unspecified atom stereocenters. The van der Waals surface area contributed by atoms with Crippen molar-refractivity contribution in [3.8, 4) is 0 Å². The lowest BCUT2D eigenvalue weighted by Crippen LogP contribution is -2.39. The van der Waals surface area contributed by atoms with Crippen molar-refractivity contribution in [3.63, 3.8) is 0 Å². The van der Waals surface area contributed by atoms with Crippen molar-refractivity contribution in [1.82, 2.24) is 10.2 Å². The maximum Gasteiger partial charge on any atom is 0.256 e. The fourth-order valence-corrected chi connectivity index (χ4v) is 3.56. The van der Waals surface area contributed by atoms with Crippen LogP contribution >= 0.6 is 0 Å². The summed E-state index contributed by atoms with van der Waals surface area (Å²) in [7, 11) is 0. The number of rotatable bonds is 6. The van der Waals surface area contributed by atoms with Crippen LogP contribution in [0.3, 0.4) is 0 Å². The van der Waals surface area contributed by atoms with Gasteiger partial charge in [0.25, 0.3) is 5.91 Å². The van der Waals surface area contributed by atoms with Crippen LogP contribution in [0.1, 0.15) is 47.2 Å². The summed E-state index contributed by atoms with van der Waals surface area (Å²) in [4.78, 5) is 26.3. The fraction of sp³-hybridized carbons (Fsp3) is 0.391. The molecule has 2 amide bonds. The number of nitrogens with zero attached hydrogens (tertiary/aromatic N) is 1. The van der Waals surface area contributed by atoms with Gasteiger partial charge in [-0.3, -0.25) is 9.59 Å². The SMILES string of the molecule is Cc1ccc(CNC(=O)CCC2CCN(C(=O)c3ccccc3F)CC2)cc1. The minimum Gasteiger partial charge on any atom is -0.352 e. The molecular formula is C23H27FN2O2. The lowest BCUT2D eigenvalue weighted by atomic mass is 9.91. The second-order valence-corrected chi connectivity index (χ2v) is 7.52. The van der Waals surface area contributed by atoms with Crippen LogP contribution < -0.4 is 5.32 Å². The number of aryl methyl sites for hydroxylation is 1. The summed E-state index contributed by atoms with van der Waals surface area (Å²) in [5.74, 6) is -0.229. The van der Waals surface area contributed by atoms with E-state index in [0.29, 0.717) is 32.0 Å². The Labute approximate surface area is 165 Å². The molecule has 1 saturated heterocycles. The maximum atomic E-state index is 13.8. The predicted molar refractivity (Wildman–Crippen MR) is 107 cm³/mol. The first kappa shape index (κ1) is 20.1. The monoisotopic (exact) mass is 382 g/mol. The van der Waals surface area contributed by atoms with Crippen LogP contribution in [0.4, 0.5) is 4.39 Å². The van der Waals surface area contributed by atoms with Crippen LogP contribution in [0.15, 0.2) is 48.5 Å². The molecule has 0 radical (unpaired) electrons. The first-order chi connectivity index (χ1) is 13.5. The van der Waals surface area contributed by atoms with Crippen molar-refractivity contribution in [2.24, 2.45) is 5.92 Å². The standard InChI is InChI=1S/C23H27FN2O2/c1-17-6-8-19(9-7-17)16-25-22(27)11-10-18-12-14-26(15-13-18)23(28)20-4-2-3-5-21(20)24/h2-9,18H,10-16H2,1H3,(H,25,27). The van der Waals surface area contributed by atoms with Gasteiger partial charge in [-0.25, -0.2) is 4.39 Å². The highest BCUT2D eigenvalue weighted by Gasteiger charge is 2.25. The Morgan fingerprint density at radius 3 is 2.43 bits per heavy atom. The van der Waals surface area contributed by atoms with Gasteiger partial charge in [0.05, 0.1) is 5.56 Å². The molecule has 4 nitrogen and oxygen atoms in total. The molecule has 2 aromatic rings. The molecule has 1 aliphatic heterocycles. The Kier molecular flexibility index (Phi) is 6.80. The van der Waals surface area contributed by atoms with Crippen LogP contribution in [-0.4, -0.2) is 29.8 Å². The van der Waals surface area contributed by atoms with Gasteiger partial charge < -0.3 is 10.2 Å². The summed E-state index contributed by atoms with van der Waals surface area (Å²) in [6.45, 7) is 3.82. The number of piperidine rings is 1. The minimum absolute atomic E-state index is 0.0606. The molecule has 5 heteroatoms. The van der Waals surface area contributed by atoms with Gasteiger partial charge in [0, 0.05) is 26.1 Å². The highest BCUT2D eigenvalue weighted by molar-refractivity contribution is 5.94. The van der Waals surface area contributed by atoms with Crippen molar-refractivity contribution in [2.75, 3.05) is 13.1 Å². The van der Waals surface area contributed by atoms with E-state index in [9.17, 15) is 14.0 Å². The number of amides is 2. The number of benzene rings is 2. The van der Waals surface area contributed by atoms with Gasteiger partial charge >= 0.3 is 0 Å². The van der Waals surface area contributed by atoms with Crippen LogP contribution in [0.5, 0.6) is 0 Å². The summed E-state index contributed by atoms with van der Waals surface area (Å²) in [6, 6.07) is 14.2. The molecule has 0 saturated carbocycles. The highest BCUT2D eigenvalue weighted by atomic mass is 19.1. The van der Waals surface area contributed by atoms with E-state index in [-0.39, 0.29) is 17.4 Å². The Morgan fingerprint density at radius 2 is 1.75 bits per heavy atom. The molecule has 1 N–H and O–H groups in total. The van der Waals surface area contributed by atoms with Gasteiger partial charge in [0.15, 0.2) is 0 Å². The highest BCUT2D eigenvalue weighted by Crippen LogP contribution is 2.23. The van der Waals surface area contributed by atoms with Crippen LogP contribution in [0, 0.1) is 18.7 Å². The zero-order chi connectivity index (χ0) is 19.9. The maximum absolute atomic E-state index is 13.8. The van der Waals surface area contributed by atoms with Crippen molar-refractivity contribution >= 4 is 11.8 Å². The number of hydrogen-bond donors (Lipinski definition) is 1. The molecule has 1 aliphatic rings. The van der Waals surface area contributed by atoms with E-state index >= 15 is 0 Å². The Morgan fingerprint density at radius 1 is 1.07 bits per heavy atom. The zero-order valence-electron chi connectivity index (χ0n) is 16.3. The Balaban J connectivity index is 1.38. The molecule has 1 heterocycles. The van der Waals surface area contributed by atoms with E-state index in [1.807, 2.05) is 31.2 Å². The molecule has 1 fully saturated rings. The van der Waals surface area contributed by atoms with Gasteiger partial charge in [-0.1, -0.05) is 42.0 Å². The van der Waals surface area contributed by atoms with Gasteiger partial charge in [-0.15, -0.1) is 0 Å². The van der Waals surface area contributed by atoms with Crippen molar-refractivity contribution < 1.29 is 14.0 Å². The summed E-state index contributed by atoms with van der Waals surface area (Å²) >= 11 is 0. The third-order valence-electron chi connectivity index (χ3n) is 5.40. The predicted octanol–water partition coefficient (Wildman–Crippen LogP) is 4.08. The fourth-order valence-electron chi connectivity index (χ4n) is 3.56. The van der Waals surface area contributed by atoms with Gasteiger partial charge in [0.2, 0.25) is 5.91 Å². The first-order valence-corrected chi connectivity index (χ1v) is 9.89. The van der Waals surface area contributed by atoms with Crippen LogP contribution in [-0.2, 0) is 11.3 Å². The number of hydrogen-bond acceptors (Lipinski definition) is 2. The second kappa shape index (κ2) is 9.49. The summed E-state index contributed by atoms with van der Waals surface area (Å²) < 4.78 is 13.8. The number of nitrogens with one attached hydrogen (secondary N) is 1. The molecule has 0 atom stereocenters. The molecule has 0 aliphatic carbocycles. The van der Waals surface area contributed by atoms with Crippen LogP contribution in [0.2, 0.25) is 0 Å². The third-order valence-corrected chi connectivity index (χ3v) is 5.40. The molecule has 0 spiro atoms. The van der Waals surface area contributed by atoms with Gasteiger partial charge in [-0.05, 0) is 49.8 Å². The van der Waals surface area contributed by atoms with E-state index in [1.165, 1.54) is 17.7 Å². The number of halogens is 1. The normalized spacial score (nSPS) is 14.7. The number of likely N-dealkylation sites (tertiary alicyclic amines) is 1. The molecule has 0 aromatic heterocycles. The Hall–Kier alpha value is -2.69. The summed E-state index contributed by atoms with van der Waals surface area (Å²) in [6.07, 6.45) is 3.02. The Bertz CT molecular complexity index is 812. The largest absolute Gasteiger partial charge is 0.352 e. The first-order valence-electron chi connectivity index (χ1n) is 9.89. The van der Waals surface area contributed by atoms with Crippen molar-refractivity contribution in [2.45, 2.75) is 39.2 Å². The molecule has 2 aromatic carbocycles. The number of carbonyl (C=O) groups is 2. The lowest BCUT2D eigenvalue weighted by molar-refractivity contribution is -0.121. The molecule has 28 heavy (non-hydrogen) atoms. The average molecular weight is 382 g/mol. The quantitative estimate of drug-likeness (QED) is 0.818. The van der Waals surface area contributed by atoms with Gasteiger partial charge in [0.1, 0.15) is 5.82 Å². The molecular weight excluding hydrogens is 355 g/mol. The lowest BCUT2D eigenvalue weighted by Gasteiger charge is -2.32. The topological polar surface area (TPSA) is 49.4 Å². The summed E-state index contributed by atoms with van der Waals surface area (Å²) in [5.41, 5.74) is 2.44. The van der Waals surface area contributed by atoms with E-state index in [0.717, 1.165) is 24.8 Å². The second-order valence-electron chi connectivity index (χ2n) is 7.52. The van der Waals surface area contributed by atoms with E-state index in [2.05, 4.69) is 5.32 Å².